The van der Waals surface area contributed by atoms with Crippen LogP contribution in [0, 0.1) is 51.2 Å². The molecule has 4 aliphatic rings. The molecular weight excluding hydrogens is 633 g/mol. The zero-order valence-corrected chi connectivity index (χ0v) is 31.7. The van der Waals surface area contributed by atoms with Crippen molar-refractivity contribution in [3.8, 4) is 0 Å². The molecule has 0 radical (unpaired) electrons. The van der Waals surface area contributed by atoms with Gasteiger partial charge in [0.15, 0.2) is 0 Å². The van der Waals surface area contributed by atoms with E-state index in [1.54, 1.807) is 27.7 Å². The number of fused-ring (bicyclic) bond motifs is 5. The number of halogens is 3. The van der Waals surface area contributed by atoms with E-state index in [0.717, 1.165) is 25.7 Å². The molecule has 0 bridgehead atoms. The maximum atomic E-state index is 14.2. The lowest BCUT2D eigenvalue weighted by atomic mass is 9.36. The number of aliphatic hydroxyl groups excluding tert-OH is 1. The number of hydrogen-bond acceptors (Lipinski definition) is 6. The lowest BCUT2D eigenvalue weighted by molar-refractivity contribution is -0.229. The minimum Gasteiger partial charge on any atom is -0.491 e. The van der Waals surface area contributed by atoms with Gasteiger partial charge in [0.2, 0.25) is 6.79 Å². The van der Waals surface area contributed by atoms with Gasteiger partial charge in [0.25, 0.3) is 0 Å². The maximum absolute atomic E-state index is 14.2. The quantitative estimate of drug-likeness (QED) is 0.0896. The van der Waals surface area contributed by atoms with Gasteiger partial charge in [-0.15, -0.1) is 0 Å². The number of esters is 2. The highest BCUT2D eigenvalue weighted by atomic mass is 19.4. The van der Waals surface area contributed by atoms with Gasteiger partial charge in [-0.1, -0.05) is 46.8 Å². The van der Waals surface area contributed by atoms with Crippen LogP contribution in [-0.4, -0.2) is 42.2 Å². The summed E-state index contributed by atoms with van der Waals surface area (Å²) in [5.74, 6) is 0.382. The Labute approximate surface area is 292 Å². The number of allylic oxidation sites excluding steroid dienone is 3. The van der Waals surface area contributed by atoms with E-state index in [0.29, 0.717) is 41.9 Å². The molecule has 0 aromatic heterocycles. The van der Waals surface area contributed by atoms with Crippen molar-refractivity contribution in [2.24, 2.45) is 51.2 Å². The minimum absolute atomic E-state index is 0.0227. The fourth-order valence-corrected chi connectivity index (χ4v) is 10.9. The van der Waals surface area contributed by atoms with Crippen molar-refractivity contribution in [3.05, 3.63) is 34.6 Å². The summed E-state index contributed by atoms with van der Waals surface area (Å²) in [4.78, 5) is 26.5. The molecule has 0 spiro atoms. The third kappa shape index (κ3) is 7.13. The van der Waals surface area contributed by atoms with Crippen LogP contribution in [0.15, 0.2) is 34.6 Å². The van der Waals surface area contributed by atoms with E-state index < -0.39 is 59.9 Å². The summed E-state index contributed by atoms with van der Waals surface area (Å²) in [6.07, 6.45) is -1.51. The Morgan fingerprint density at radius 3 is 2.14 bits per heavy atom. The van der Waals surface area contributed by atoms with Crippen LogP contribution < -0.4 is 0 Å². The Kier molecular flexibility index (Phi) is 11.0. The zero-order chi connectivity index (χ0) is 37.1. The fourth-order valence-electron chi connectivity index (χ4n) is 10.9. The Bertz CT molecular complexity index is 1370. The van der Waals surface area contributed by atoms with E-state index in [1.807, 2.05) is 0 Å². The van der Waals surface area contributed by atoms with E-state index in [4.69, 9.17) is 14.2 Å². The molecule has 4 fully saturated rings. The molecule has 4 rings (SSSR count). The smallest absolute Gasteiger partial charge is 0.412 e. The normalized spacial score (nSPS) is 38.4. The minimum atomic E-state index is -4.57. The summed E-state index contributed by atoms with van der Waals surface area (Å²) in [6, 6.07) is 0. The summed E-state index contributed by atoms with van der Waals surface area (Å²) in [5.41, 5.74) is -1.53. The second-order valence-electron chi connectivity index (χ2n) is 17.8. The SMILES string of the molecule is C=C(C)OC1C[C@@]2(C)[C@@H](C[C@@H](O)[C@H]3[C@@]4(C)CC[C@@H](C)[C@H](C)[C@@H]4CC[C@@]32C)/C1=C(\CCC(=C(C)C)C(F)(F)F)C(=O)OCOC(=O)C(C)(C)C. The first kappa shape index (κ1) is 39.5. The van der Waals surface area contributed by atoms with Gasteiger partial charge in [0.05, 0.1) is 17.3 Å². The second kappa shape index (κ2) is 13.7. The molecular formula is C40H61F3O6. The number of rotatable bonds is 8. The standard InChI is InChI=1S/C40H61F3O6/c1-22(2)27(40(41,42)43)14-13-26(34(45)47-21-48-35(46)36(7,8)9)32-29-19-30(44)33-37(10)17-15-24(5)25(6)28(37)16-18-38(33,11)39(29,12)20-31(32)49-23(3)4/h24-25,28-31,33,44H,3,13-21H2,1-2,4-12H3/b32-26-/t24-,25+,28+,29+,30-,31?,33+,37+,38+,39+/m1/s1. The Morgan fingerprint density at radius 2 is 1.59 bits per heavy atom. The van der Waals surface area contributed by atoms with E-state index >= 15 is 0 Å². The predicted octanol–water partition coefficient (Wildman–Crippen LogP) is 9.87. The summed E-state index contributed by atoms with van der Waals surface area (Å²) in [7, 11) is 0. The van der Waals surface area contributed by atoms with Crippen molar-refractivity contribution in [1.82, 2.24) is 0 Å². The first-order valence-electron chi connectivity index (χ1n) is 18.2. The van der Waals surface area contributed by atoms with Gasteiger partial charge >= 0.3 is 18.1 Å². The van der Waals surface area contributed by atoms with Gasteiger partial charge in [0, 0.05) is 11.1 Å². The second-order valence-corrected chi connectivity index (χ2v) is 17.8. The van der Waals surface area contributed by atoms with Crippen molar-refractivity contribution >= 4 is 11.9 Å². The van der Waals surface area contributed by atoms with Crippen molar-refractivity contribution in [1.29, 1.82) is 0 Å². The predicted molar refractivity (Wildman–Crippen MR) is 184 cm³/mol. The molecule has 278 valence electrons. The highest BCUT2D eigenvalue weighted by molar-refractivity contribution is 5.90. The maximum Gasteiger partial charge on any atom is 0.412 e. The Morgan fingerprint density at radius 1 is 0.959 bits per heavy atom. The summed E-state index contributed by atoms with van der Waals surface area (Å²) in [6.45, 7) is 24.5. The number of alkyl halides is 3. The molecule has 6 nitrogen and oxygen atoms in total. The van der Waals surface area contributed by atoms with Gasteiger partial charge in [0.1, 0.15) is 6.10 Å². The third-order valence-corrected chi connectivity index (χ3v) is 13.7. The number of aliphatic hydroxyl groups is 1. The number of ether oxygens (including phenoxy) is 3. The van der Waals surface area contributed by atoms with Crippen LogP contribution in [0.25, 0.3) is 0 Å². The lowest BCUT2D eigenvalue weighted by Crippen LogP contribution is -2.65. The fraction of sp³-hybridized carbons (Fsp3) is 0.800. The van der Waals surface area contributed by atoms with Crippen molar-refractivity contribution in [3.63, 3.8) is 0 Å². The average molecular weight is 695 g/mol. The number of hydrogen-bond donors (Lipinski definition) is 1. The first-order chi connectivity index (χ1) is 22.4. The van der Waals surface area contributed by atoms with Crippen LogP contribution in [0.5, 0.6) is 0 Å². The summed E-state index contributed by atoms with van der Waals surface area (Å²) in [5, 5.41) is 12.3. The van der Waals surface area contributed by atoms with Gasteiger partial charge in [-0.05, 0) is 144 Å². The van der Waals surface area contributed by atoms with E-state index in [2.05, 4.69) is 41.2 Å². The van der Waals surface area contributed by atoms with Crippen LogP contribution in [0.3, 0.4) is 0 Å². The molecule has 0 aromatic carbocycles. The lowest BCUT2D eigenvalue weighted by Gasteiger charge is -2.69. The van der Waals surface area contributed by atoms with Gasteiger partial charge in [-0.2, -0.15) is 13.2 Å². The molecule has 1 unspecified atom stereocenters. The summed E-state index contributed by atoms with van der Waals surface area (Å²) < 4.78 is 59.7. The average Bonchev–Trinajstić information content (AvgIpc) is 3.22. The van der Waals surface area contributed by atoms with Crippen molar-refractivity contribution in [2.75, 3.05) is 6.79 Å². The van der Waals surface area contributed by atoms with E-state index in [9.17, 15) is 27.9 Å². The Hall–Kier alpha value is -2.29. The first-order valence-corrected chi connectivity index (χ1v) is 18.2. The molecule has 4 aliphatic carbocycles. The molecule has 0 amide bonds. The largest absolute Gasteiger partial charge is 0.491 e. The van der Waals surface area contributed by atoms with Gasteiger partial charge in [-0.3, -0.25) is 4.79 Å². The van der Waals surface area contributed by atoms with Crippen LogP contribution in [0.4, 0.5) is 13.2 Å². The summed E-state index contributed by atoms with van der Waals surface area (Å²) >= 11 is 0. The topological polar surface area (TPSA) is 82.1 Å². The highest BCUT2D eigenvalue weighted by Crippen LogP contribution is 2.74. The molecule has 0 aromatic rings. The molecule has 0 saturated heterocycles. The van der Waals surface area contributed by atoms with Crippen LogP contribution >= 0.6 is 0 Å². The molecule has 0 heterocycles. The van der Waals surface area contributed by atoms with Crippen molar-refractivity contribution in [2.45, 2.75) is 146 Å². The van der Waals surface area contributed by atoms with Gasteiger partial charge in [-0.25, -0.2) is 4.79 Å². The molecule has 49 heavy (non-hydrogen) atoms. The van der Waals surface area contributed by atoms with E-state index in [1.165, 1.54) is 13.8 Å². The molecule has 10 atom stereocenters. The number of carbonyl (C=O) groups is 2. The highest BCUT2D eigenvalue weighted by Gasteiger charge is 2.70. The Balaban J connectivity index is 1.84. The van der Waals surface area contributed by atoms with Gasteiger partial charge < -0.3 is 19.3 Å². The molecule has 4 saturated carbocycles. The molecule has 9 heteroatoms. The van der Waals surface area contributed by atoms with Crippen LogP contribution in [-0.2, 0) is 23.8 Å². The number of carbonyl (C=O) groups excluding carboxylic acids is 2. The van der Waals surface area contributed by atoms with Crippen LogP contribution in [0.2, 0.25) is 0 Å². The molecule has 1 N–H and O–H groups in total. The zero-order valence-electron chi connectivity index (χ0n) is 31.7. The van der Waals surface area contributed by atoms with E-state index in [-0.39, 0.29) is 40.2 Å². The monoisotopic (exact) mass is 694 g/mol. The molecule has 0 aliphatic heterocycles. The van der Waals surface area contributed by atoms with Crippen molar-refractivity contribution < 1.29 is 42.1 Å². The van der Waals surface area contributed by atoms with Crippen LogP contribution in [0.1, 0.15) is 128 Å². The third-order valence-electron chi connectivity index (χ3n) is 13.7.